The summed E-state index contributed by atoms with van der Waals surface area (Å²) in [5, 5.41) is 13.1. The second kappa shape index (κ2) is 44.3. The van der Waals surface area contributed by atoms with Crippen molar-refractivity contribution in [2.45, 2.75) is 150 Å². The number of halogens is 7. The van der Waals surface area contributed by atoms with E-state index in [4.69, 9.17) is 44.6 Å². The van der Waals surface area contributed by atoms with Gasteiger partial charge in [-0.05, 0) is 296 Å². The Bertz CT molecular complexity index is 6440. The van der Waals surface area contributed by atoms with E-state index in [1.165, 1.54) is 70.4 Å². The van der Waals surface area contributed by atoms with E-state index in [0.29, 0.717) is 108 Å². The topological polar surface area (TPSA) is 146 Å². The molecule has 0 unspecified atom stereocenters. The van der Waals surface area contributed by atoms with Crippen LogP contribution in [0.5, 0.6) is 34.5 Å². The Morgan fingerprint density at radius 1 is 0.415 bits per heavy atom. The number of alkyl halides is 3. The van der Waals surface area contributed by atoms with Gasteiger partial charge in [0.05, 0.1) is 50.9 Å². The average Bonchev–Trinajstić information content (AvgIpc) is 1.62. The number of phenols is 1. The first-order chi connectivity index (χ1) is 65.0. The number of likely N-dealkylation sites (tertiary alicyclic amines) is 3. The van der Waals surface area contributed by atoms with Gasteiger partial charge in [-0.1, -0.05) is 109 Å². The molecule has 4 fully saturated rings. The fraction of sp³-hybridized carbons (Fsp3) is 0.318. The third kappa shape index (κ3) is 23.9. The summed E-state index contributed by atoms with van der Waals surface area (Å²) in [5.41, 5.74) is 11.0. The summed E-state index contributed by atoms with van der Waals surface area (Å²) in [4.78, 5) is 49.5. The second-order valence-corrected chi connectivity index (χ2v) is 39.5. The third-order valence-electron chi connectivity index (χ3n) is 25.3. The maximum atomic E-state index is 14.2. The highest BCUT2D eigenvalue weighted by Gasteiger charge is 2.52. The lowest BCUT2D eigenvalue weighted by atomic mass is 9.79. The minimum absolute atomic E-state index is 0.0666. The monoisotopic (exact) mass is 1910 g/mol. The Hall–Kier alpha value is -11.2. The van der Waals surface area contributed by atoms with E-state index in [1.807, 2.05) is 176 Å². The molecule has 0 bridgehead atoms. The zero-order valence-corrected chi connectivity index (χ0v) is 80.8. The first-order valence-electron chi connectivity index (χ1n) is 45.8. The molecule has 4 aliphatic heterocycles. The van der Waals surface area contributed by atoms with Crippen molar-refractivity contribution in [3.8, 4) is 56.8 Å². The summed E-state index contributed by atoms with van der Waals surface area (Å²) in [6.07, 6.45) is 4.83. The molecule has 0 saturated carbocycles. The zero-order chi connectivity index (χ0) is 95.4. The Balaban J connectivity index is 0.000000140. The number of ether oxygens (including phenoxy) is 5. The number of carbonyl (C=O) groups is 3. The van der Waals surface area contributed by atoms with Crippen LogP contribution in [0.4, 0.5) is 26.3 Å². The zero-order valence-electron chi connectivity index (χ0n) is 77.6. The first kappa shape index (κ1) is 98.4. The first-order valence-corrected chi connectivity index (χ1v) is 48.6. The minimum Gasteiger partial charge on any atom is -0.508 e. The maximum Gasteiger partial charge on any atom is 0.494 e. The van der Waals surface area contributed by atoms with Gasteiger partial charge in [0.15, 0.2) is 0 Å². The van der Waals surface area contributed by atoms with E-state index >= 15 is 0 Å². The quantitative estimate of drug-likeness (QED) is 0.0259. The molecule has 702 valence electrons. The molecule has 7 heterocycles. The highest BCUT2D eigenvalue weighted by atomic mass is 35.5. The van der Waals surface area contributed by atoms with Crippen molar-refractivity contribution in [1.82, 2.24) is 14.7 Å². The molecule has 25 heteroatoms. The summed E-state index contributed by atoms with van der Waals surface area (Å²) in [6.45, 7) is 26.4. The summed E-state index contributed by atoms with van der Waals surface area (Å²) < 4.78 is 124. The molecule has 18 rings (SSSR count). The maximum absolute atomic E-state index is 14.2. The van der Waals surface area contributed by atoms with Crippen LogP contribution in [0.3, 0.4) is 0 Å². The number of hydrogen-bond acceptors (Lipinski definition) is 17. The summed E-state index contributed by atoms with van der Waals surface area (Å²) in [5.74, 6) is 2.41. The molecule has 3 atom stereocenters. The van der Waals surface area contributed by atoms with Crippen molar-refractivity contribution < 1.29 is 78.8 Å². The van der Waals surface area contributed by atoms with Crippen molar-refractivity contribution in [3.05, 3.63) is 323 Å². The number of ketones is 3. The molecule has 0 spiro atoms. The number of benzene rings is 11. The molecule has 11 aromatic carbocycles. The number of aryl methyl sites for hydroxylation is 6. The molecule has 0 radical (unpaired) electrons. The normalized spacial score (nSPS) is 16.4. The van der Waals surface area contributed by atoms with Gasteiger partial charge in [-0.2, -0.15) is 0 Å². The Morgan fingerprint density at radius 2 is 0.733 bits per heavy atom. The molecule has 3 aromatic heterocycles. The number of nitrogens with zero attached hydrogens (tertiary/aromatic N) is 3. The molecule has 4 saturated heterocycles. The van der Waals surface area contributed by atoms with Gasteiger partial charge in [0.1, 0.15) is 83.5 Å². The largest absolute Gasteiger partial charge is 0.508 e. The average molecular weight is 1910 g/mol. The standard InChI is InChI=1S/C37H35F2NO3S.C30H29F2NO3S.C24H18ClFO2S.C19H29BFNO3/c1-24-19-28(39)20-25(2)34(24)36(41)37-35(27-9-11-29(12-10-27)43-31-15-18-40(22-31)17-6-16-38)32-14-13-30(21-33(32)44-37)42-23-26-7-4-3-5-8-26;1-18-14-21(32)15-19(2)27(18)29(35)30-28(25-9-6-22(34)16-26(25)37-30)20-4-7-23(8-5-20)36-24-10-13-33(17-24)12-3-11-31;1-14-10-17(26)11-15(2)21(14)23(27)24-22(25)19-9-8-18(12-20(19)29-24)28-13-16-6-4-3-5-7-16;1-18(2)19(3,4)25-20(24-18)15-6-8-16(9-7-15)23-17-10-13-22(14-17)12-5-11-21/h3-5,7-14,19-21,31H,6,15-18,22-23H2,1-2H3;4-9,14-16,24,34H,3,10-13,17H2,1-2H3;3-12H,13H2,1-2H3;6-9,17H,5,10-14H2,1-4H3/t31-;24-;;17-/m00.0/s1. The Kier molecular flexibility index (Phi) is 32.3. The van der Waals surface area contributed by atoms with Crippen LogP contribution in [0.15, 0.2) is 224 Å². The lowest BCUT2D eigenvalue weighted by Gasteiger charge is -2.32. The van der Waals surface area contributed by atoms with Gasteiger partial charge in [-0.25, -0.2) is 13.2 Å². The van der Waals surface area contributed by atoms with Gasteiger partial charge in [0.2, 0.25) is 17.3 Å². The van der Waals surface area contributed by atoms with Crippen LogP contribution in [-0.4, -0.2) is 153 Å². The minimum atomic E-state index is -0.364. The van der Waals surface area contributed by atoms with Crippen LogP contribution < -0.4 is 29.1 Å². The highest BCUT2D eigenvalue weighted by molar-refractivity contribution is 7.22. The number of aromatic hydroxyl groups is 1. The van der Waals surface area contributed by atoms with Crippen LogP contribution >= 0.6 is 45.6 Å². The van der Waals surface area contributed by atoms with Crippen LogP contribution in [0, 0.1) is 59.0 Å². The van der Waals surface area contributed by atoms with Crippen LogP contribution in [0.25, 0.3) is 52.5 Å². The molecule has 1 N–H and O–H groups in total. The van der Waals surface area contributed by atoms with Gasteiger partial charge >= 0.3 is 7.12 Å². The second-order valence-electron chi connectivity index (χ2n) is 36.0. The molecule has 14 nitrogen and oxygen atoms in total. The lowest BCUT2D eigenvalue weighted by molar-refractivity contribution is 0.00578. The molecule has 0 amide bonds. The molecule has 0 aliphatic carbocycles. The fourth-order valence-electron chi connectivity index (χ4n) is 17.9. The number of phenolic OH excluding ortho intramolecular Hbond substituents is 1. The number of carbonyl (C=O) groups excluding carboxylic acids is 3. The van der Waals surface area contributed by atoms with Crippen molar-refractivity contribution in [2.75, 3.05) is 78.9 Å². The SMILES string of the molecule is CC1(C)OB(c2ccc(O[C@H]3CCN(CCCF)C3)cc2)OC1(C)C.Cc1cc(F)cc(C)c1C(=O)c1sc2cc(O)ccc2c1-c1ccc(O[C@H]2CCN(CCCF)C2)cc1.Cc1cc(F)cc(C)c1C(=O)c1sc2cc(OCc3ccccc3)ccc2c1-c1ccc(O[C@H]2CCN(CCCF)C2)cc1.Cc1cc(F)cc(C)c1C(=O)c1sc2cc(OCc3ccccc3)ccc2c1Cl. The molecule has 4 aliphatic rings. The van der Waals surface area contributed by atoms with E-state index < -0.39 is 0 Å². The van der Waals surface area contributed by atoms with Crippen LogP contribution in [-0.2, 0) is 22.5 Å². The Labute approximate surface area is 802 Å². The molecule has 135 heavy (non-hydrogen) atoms. The number of rotatable bonds is 30. The highest BCUT2D eigenvalue weighted by Crippen LogP contribution is 2.47. The van der Waals surface area contributed by atoms with E-state index in [2.05, 4.69) is 42.4 Å². The smallest absolute Gasteiger partial charge is 0.494 e. The molecular weight excluding hydrogens is 1800 g/mol. The van der Waals surface area contributed by atoms with E-state index in [9.17, 15) is 45.8 Å². The number of fused-ring (bicyclic) bond motifs is 3. The van der Waals surface area contributed by atoms with Crippen molar-refractivity contribution in [1.29, 1.82) is 0 Å². The molecular formula is C110H111BClF6N3O11S3. The van der Waals surface area contributed by atoms with E-state index in [1.54, 1.807) is 53.7 Å². The fourth-order valence-corrected chi connectivity index (χ4v) is 21.8. The van der Waals surface area contributed by atoms with Crippen molar-refractivity contribution in [2.24, 2.45) is 0 Å². The van der Waals surface area contributed by atoms with Gasteiger partial charge in [-0.15, -0.1) is 34.0 Å². The van der Waals surface area contributed by atoms with Gasteiger partial charge < -0.3 is 38.1 Å². The Morgan fingerprint density at radius 3 is 1.10 bits per heavy atom. The van der Waals surface area contributed by atoms with E-state index in [0.717, 1.165) is 170 Å². The number of hydrogen-bond donors (Lipinski definition) is 1. The van der Waals surface area contributed by atoms with Gasteiger partial charge in [-0.3, -0.25) is 42.3 Å². The van der Waals surface area contributed by atoms with E-state index in [-0.39, 0.29) is 97.2 Å². The van der Waals surface area contributed by atoms with Crippen LogP contribution in [0.2, 0.25) is 5.02 Å². The van der Waals surface area contributed by atoms with Gasteiger partial charge in [0, 0.05) is 117 Å². The van der Waals surface area contributed by atoms with Crippen molar-refractivity contribution in [3.63, 3.8) is 0 Å². The summed E-state index contributed by atoms with van der Waals surface area (Å²) in [7, 11) is -0.346. The van der Waals surface area contributed by atoms with Gasteiger partial charge in [0.25, 0.3) is 0 Å². The third-order valence-corrected chi connectivity index (χ3v) is 29.3. The van der Waals surface area contributed by atoms with Crippen molar-refractivity contribution >= 4 is 106 Å². The van der Waals surface area contributed by atoms with Crippen LogP contribution in [0.1, 0.15) is 156 Å². The molecule has 14 aromatic rings. The predicted octanol–water partition coefficient (Wildman–Crippen LogP) is 25.9. The summed E-state index contributed by atoms with van der Waals surface area (Å²) in [6, 6.07) is 68.5. The predicted molar refractivity (Wildman–Crippen MR) is 533 cm³/mol. The summed E-state index contributed by atoms with van der Waals surface area (Å²) >= 11 is 10.6. The lowest BCUT2D eigenvalue weighted by Crippen LogP contribution is -2.41. The number of thiophene rings is 3.